The number of thiol groups is 1. The van der Waals surface area contributed by atoms with Crippen LogP contribution in [0.4, 0.5) is 5.82 Å². The van der Waals surface area contributed by atoms with Crippen molar-refractivity contribution >= 4 is 24.5 Å². The Morgan fingerprint density at radius 1 is 1.64 bits per heavy atom. The Bertz CT molecular complexity index is 258. The Kier molecular flexibility index (Phi) is 2.98. The Balaban J connectivity index is 2.79. The lowest BCUT2D eigenvalue weighted by atomic mass is 10.2. The average molecular weight is 166 g/mol. The van der Waals surface area contributed by atoms with Gasteiger partial charge in [0.1, 0.15) is 5.82 Å². The van der Waals surface area contributed by atoms with E-state index in [0.717, 1.165) is 11.3 Å². The molecule has 0 saturated heterocycles. The monoisotopic (exact) mass is 166 g/mol. The van der Waals surface area contributed by atoms with Crippen molar-refractivity contribution in [2.75, 3.05) is 11.5 Å². The highest BCUT2D eigenvalue weighted by Crippen LogP contribution is 2.04. The normalized spacial score (nSPS) is 10.6. The molecule has 1 heterocycles. The Hall–Kier alpha value is -0.960. The maximum Gasteiger partial charge on any atom is 0.123 e. The molecule has 11 heavy (non-hydrogen) atoms. The van der Waals surface area contributed by atoms with Gasteiger partial charge in [0.15, 0.2) is 0 Å². The predicted molar refractivity (Wildman–Crippen MR) is 51.5 cm³/mol. The molecule has 2 N–H and O–H groups in total. The maximum absolute atomic E-state index is 5.47. The summed E-state index contributed by atoms with van der Waals surface area (Å²) >= 11 is 4.04. The van der Waals surface area contributed by atoms with Crippen molar-refractivity contribution in [3.63, 3.8) is 0 Å². The molecular formula is C8H10N2S. The van der Waals surface area contributed by atoms with Gasteiger partial charge in [-0.2, -0.15) is 12.6 Å². The van der Waals surface area contributed by atoms with Crippen LogP contribution in [0, 0.1) is 0 Å². The molecule has 1 aromatic heterocycles. The van der Waals surface area contributed by atoms with E-state index < -0.39 is 0 Å². The van der Waals surface area contributed by atoms with Gasteiger partial charge in [-0.15, -0.1) is 0 Å². The Labute approximate surface area is 71.6 Å². The van der Waals surface area contributed by atoms with Gasteiger partial charge in [0, 0.05) is 11.9 Å². The fraction of sp³-hybridized carbons (Fsp3) is 0.125. The van der Waals surface area contributed by atoms with Gasteiger partial charge in [0.2, 0.25) is 0 Å². The molecule has 0 aliphatic rings. The second-order valence-electron chi connectivity index (χ2n) is 2.10. The maximum atomic E-state index is 5.47. The number of rotatable bonds is 2. The highest BCUT2D eigenvalue weighted by molar-refractivity contribution is 7.80. The summed E-state index contributed by atoms with van der Waals surface area (Å²) in [7, 11) is 0. The van der Waals surface area contributed by atoms with E-state index in [0.29, 0.717) is 5.82 Å². The van der Waals surface area contributed by atoms with E-state index in [4.69, 9.17) is 5.73 Å². The van der Waals surface area contributed by atoms with Gasteiger partial charge in [0.25, 0.3) is 0 Å². The first-order chi connectivity index (χ1) is 5.33. The minimum absolute atomic E-state index is 0.548. The molecule has 1 aromatic rings. The van der Waals surface area contributed by atoms with Crippen LogP contribution in [0.15, 0.2) is 24.4 Å². The molecule has 2 nitrogen and oxygen atoms in total. The van der Waals surface area contributed by atoms with E-state index in [1.807, 2.05) is 24.3 Å². The summed E-state index contributed by atoms with van der Waals surface area (Å²) in [6, 6.07) is 3.72. The molecule has 0 aliphatic carbocycles. The third-order valence-electron chi connectivity index (χ3n) is 1.22. The quantitative estimate of drug-likeness (QED) is 0.655. The number of nitrogen functional groups attached to an aromatic ring is 1. The summed E-state index contributed by atoms with van der Waals surface area (Å²) in [5.41, 5.74) is 6.53. The van der Waals surface area contributed by atoms with Crippen LogP contribution in [0.2, 0.25) is 0 Å². The zero-order valence-corrected chi connectivity index (χ0v) is 6.96. The smallest absolute Gasteiger partial charge is 0.123 e. The van der Waals surface area contributed by atoms with Crippen LogP contribution in [0.3, 0.4) is 0 Å². The number of hydrogen-bond acceptors (Lipinski definition) is 3. The van der Waals surface area contributed by atoms with Gasteiger partial charge in [-0.05, 0) is 17.7 Å². The predicted octanol–water partition coefficient (Wildman–Crippen LogP) is 1.61. The van der Waals surface area contributed by atoms with Crippen molar-refractivity contribution in [1.82, 2.24) is 4.98 Å². The summed E-state index contributed by atoms with van der Waals surface area (Å²) in [6.45, 7) is 0. The topological polar surface area (TPSA) is 38.9 Å². The molecule has 0 saturated carbocycles. The molecule has 0 spiro atoms. The van der Waals surface area contributed by atoms with Crippen LogP contribution in [0.25, 0.3) is 6.08 Å². The van der Waals surface area contributed by atoms with E-state index in [2.05, 4.69) is 17.6 Å². The summed E-state index contributed by atoms with van der Waals surface area (Å²) in [6.07, 6.45) is 5.61. The summed E-state index contributed by atoms with van der Waals surface area (Å²) in [5, 5.41) is 0. The standard InChI is InChI=1S/C8H10N2S/c9-8-6-7(2-1-5-11)3-4-10-8/h1-4,6,11H,5H2,(H2,9,10). The highest BCUT2D eigenvalue weighted by atomic mass is 32.1. The Morgan fingerprint density at radius 2 is 2.45 bits per heavy atom. The second kappa shape index (κ2) is 4.03. The first kappa shape index (κ1) is 8.14. The number of nitrogens with zero attached hydrogens (tertiary/aromatic N) is 1. The number of hydrogen-bond donors (Lipinski definition) is 2. The van der Waals surface area contributed by atoms with Gasteiger partial charge in [-0.1, -0.05) is 12.2 Å². The van der Waals surface area contributed by atoms with Gasteiger partial charge in [0.05, 0.1) is 0 Å². The summed E-state index contributed by atoms with van der Waals surface area (Å²) < 4.78 is 0. The second-order valence-corrected chi connectivity index (χ2v) is 2.46. The van der Waals surface area contributed by atoms with Crippen molar-refractivity contribution in [3.05, 3.63) is 30.0 Å². The van der Waals surface area contributed by atoms with Crippen LogP contribution in [-0.4, -0.2) is 10.7 Å². The molecule has 58 valence electrons. The molecule has 3 heteroatoms. The summed E-state index contributed by atoms with van der Waals surface area (Å²) in [5.74, 6) is 1.29. The zero-order valence-electron chi connectivity index (χ0n) is 6.07. The first-order valence-corrected chi connectivity index (χ1v) is 3.95. The van der Waals surface area contributed by atoms with Crippen molar-refractivity contribution in [3.8, 4) is 0 Å². The van der Waals surface area contributed by atoms with Crippen molar-refractivity contribution in [1.29, 1.82) is 0 Å². The third-order valence-corrected chi connectivity index (χ3v) is 1.43. The lowest BCUT2D eigenvalue weighted by Crippen LogP contribution is -1.88. The van der Waals surface area contributed by atoms with Gasteiger partial charge >= 0.3 is 0 Å². The molecule has 0 atom stereocenters. The average Bonchev–Trinajstić information content (AvgIpc) is 2.01. The minimum atomic E-state index is 0.548. The van der Waals surface area contributed by atoms with Gasteiger partial charge in [-0.25, -0.2) is 4.98 Å². The van der Waals surface area contributed by atoms with Crippen LogP contribution >= 0.6 is 12.6 Å². The lowest BCUT2D eigenvalue weighted by molar-refractivity contribution is 1.33. The highest BCUT2D eigenvalue weighted by Gasteiger charge is 1.86. The van der Waals surface area contributed by atoms with Crippen LogP contribution in [-0.2, 0) is 0 Å². The number of anilines is 1. The molecule has 0 amide bonds. The van der Waals surface area contributed by atoms with Gasteiger partial charge in [-0.3, -0.25) is 0 Å². The molecule has 0 bridgehead atoms. The molecule has 0 fully saturated rings. The molecule has 0 unspecified atom stereocenters. The molecule has 1 rings (SSSR count). The number of aromatic nitrogens is 1. The molecule has 0 aromatic carbocycles. The molecule has 0 radical (unpaired) electrons. The first-order valence-electron chi connectivity index (χ1n) is 3.32. The Morgan fingerprint density at radius 3 is 3.09 bits per heavy atom. The van der Waals surface area contributed by atoms with Crippen LogP contribution in [0.5, 0.6) is 0 Å². The fourth-order valence-corrected chi connectivity index (χ4v) is 0.863. The number of pyridine rings is 1. The van der Waals surface area contributed by atoms with E-state index in [-0.39, 0.29) is 0 Å². The van der Waals surface area contributed by atoms with Crippen molar-refractivity contribution < 1.29 is 0 Å². The van der Waals surface area contributed by atoms with Gasteiger partial charge < -0.3 is 5.73 Å². The van der Waals surface area contributed by atoms with Crippen molar-refractivity contribution in [2.45, 2.75) is 0 Å². The van der Waals surface area contributed by atoms with E-state index in [1.165, 1.54) is 0 Å². The van der Waals surface area contributed by atoms with Crippen molar-refractivity contribution in [2.24, 2.45) is 0 Å². The van der Waals surface area contributed by atoms with Crippen LogP contribution in [0.1, 0.15) is 5.56 Å². The lowest BCUT2D eigenvalue weighted by Gasteiger charge is -1.93. The van der Waals surface area contributed by atoms with E-state index >= 15 is 0 Å². The number of nitrogens with two attached hydrogens (primary N) is 1. The largest absolute Gasteiger partial charge is 0.384 e. The summed E-state index contributed by atoms with van der Waals surface area (Å²) in [4.78, 5) is 3.87. The van der Waals surface area contributed by atoms with E-state index in [1.54, 1.807) is 6.20 Å². The fourth-order valence-electron chi connectivity index (χ4n) is 0.758. The molecular weight excluding hydrogens is 156 g/mol. The zero-order chi connectivity index (χ0) is 8.10. The third kappa shape index (κ3) is 2.63. The van der Waals surface area contributed by atoms with E-state index in [9.17, 15) is 0 Å². The minimum Gasteiger partial charge on any atom is -0.384 e. The van der Waals surface area contributed by atoms with Crippen LogP contribution < -0.4 is 5.73 Å². The molecule has 0 aliphatic heterocycles. The SMILES string of the molecule is Nc1cc(C=CCS)ccn1.